The van der Waals surface area contributed by atoms with Gasteiger partial charge in [0.1, 0.15) is 13.2 Å². The molecule has 3 rings (SSSR count). The molecule has 0 aliphatic carbocycles. The number of ether oxygens (including phenoxy) is 2. The molecule has 19 heavy (non-hydrogen) atoms. The lowest BCUT2D eigenvalue weighted by Crippen LogP contribution is -2.49. The second kappa shape index (κ2) is 5.00. The second-order valence-electron chi connectivity index (χ2n) is 5.76. The Morgan fingerprint density at radius 1 is 1.26 bits per heavy atom. The van der Waals surface area contributed by atoms with Crippen molar-refractivity contribution >= 4 is 12.0 Å². The fourth-order valence-electron chi connectivity index (χ4n) is 3.22. The van der Waals surface area contributed by atoms with Crippen LogP contribution in [0, 0.1) is 5.41 Å². The molecule has 1 unspecified atom stereocenters. The molecule has 106 valence electrons. The van der Waals surface area contributed by atoms with Gasteiger partial charge in [0.25, 0.3) is 0 Å². The normalized spacial score (nSPS) is 31.1. The summed E-state index contributed by atoms with van der Waals surface area (Å²) in [5.41, 5.74) is 0.166. The van der Waals surface area contributed by atoms with E-state index in [1.165, 1.54) is 4.90 Å². The number of rotatable bonds is 2. The predicted octanol–water partition coefficient (Wildman–Crippen LogP) is 0.468. The molecule has 3 fully saturated rings. The quantitative estimate of drug-likeness (QED) is 0.730. The number of piperidine rings is 1. The molecule has 1 atom stereocenters. The first kappa shape index (κ1) is 12.7. The molecule has 0 N–H and O–H groups in total. The molecule has 3 saturated heterocycles. The first-order chi connectivity index (χ1) is 9.19. The number of hydrogen-bond acceptors (Lipinski definition) is 4. The third-order valence-corrected chi connectivity index (χ3v) is 4.37. The SMILES string of the molecule is O=C(CN1CCOC1=O)N1CCCC2(CCOC2)C1. The zero-order valence-corrected chi connectivity index (χ0v) is 11.1. The number of nitrogens with zero attached hydrogens (tertiary/aromatic N) is 2. The fourth-order valence-corrected chi connectivity index (χ4v) is 3.22. The van der Waals surface area contributed by atoms with Gasteiger partial charge in [-0.1, -0.05) is 0 Å². The van der Waals surface area contributed by atoms with E-state index in [9.17, 15) is 9.59 Å². The van der Waals surface area contributed by atoms with Crippen LogP contribution in [-0.4, -0.2) is 67.8 Å². The molecule has 0 bridgehead atoms. The van der Waals surface area contributed by atoms with Crippen LogP contribution in [0.5, 0.6) is 0 Å². The minimum Gasteiger partial charge on any atom is -0.448 e. The van der Waals surface area contributed by atoms with E-state index in [2.05, 4.69) is 0 Å². The van der Waals surface area contributed by atoms with Gasteiger partial charge in [0, 0.05) is 25.1 Å². The third kappa shape index (κ3) is 2.54. The summed E-state index contributed by atoms with van der Waals surface area (Å²) in [5.74, 6) is 0.0322. The molecule has 3 aliphatic rings. The molecule has 1 spiro atoms. The van der Waals surface area contributed by atoms with Crippen LogP contribution >= 0.6 is 0 Å². The van der Waals surface area contributed by atoms with E-state index in [0.29, 0.717) is 13.2 Å². The topological polar surface area (TPSA) is 59.1 Å². The third-order valence-electron chi connectivity index (χ3n) is 4.37. The maximum absolute atomic E-state index is 12.3. The van der Waals surface area contributed by atoms with Crippen molar-refractivity contribution < 1.29 is 19.1 Å². The summed E-state index contributed by atoms with van der Waals surface area (Å²) in [5, 5.41) is 0. The van der Waals surface area contributed by atoms with Crippen molar-refractivity contribution in [2.24, 2.45) is 5.41 Å². The Balaban J connectivity index is 1.58. The Labute approximate surface area is 112 Å². The Kier molecular flexibility index (Phi) is 3.35. The molecule has 6 heteroatoms. The lowest BCUT2D eigenvalue weighted by Gasteiger charge is -2.39. The maximum Gasteiger partial charge on any atom is 0.410 e. The number of hydrogen-bond donors (Lipinski definition) is 0. The summed E-state index contributed by atoms with van der Waals surface area (Å²) in [6.07, 6.45) is 2.84. The lowest BCUT2D eigenvalue weighted by atomic mass is 9.79. The summed E-state index contributed by atoms with van der Waals surface area (Å²) in [6.45, 7) is 4.20. The number of carbonyl (C=O) groups excluding carboxylic acids is 2. The van der Waals surface area contributed by atoms with Crippen LogP contribution < -0.4 is 0 Å². The molecule has 0 radical (unpaired) electrons. The van der Waals surface area contributed by atoms with Crippen LogP contribution in [0.1, 0.15) is 19.3 Å². The van der Waals surface area contributed by atoms with Crippen molar-refractivity contribution in [2.75, 3.05) is 46.0 Å². The minimum atomic E-state index is -0.371. The number of cyclic esters (lactones) is 1. The highest BCUT2D eigenvalue weighted by Crippen LogP contribution is 2.37. The second-order valence-corrected chi connectivity index (χ2v) is 5.76. The van der Waals surface area contributed by atoms with E-state index in [0.717, 1.165) is 45.6 Å². The van der Waals surface area contributed by atoms with Crippen molar-refractivity contribution in [1.29, 1.82) is 0 Å². The monoisotopic (exact) mass is 268 g/mol. The van der Waals surface area contributed by atoms with Gasteiger partial charge in [0.15, 0.2) is 0 Å². The van der Waals surface area contributed by atoms with Crippen molar-refractivity contribution in [1.82, 2.24) is 9.80 Å². The molecule has 0 aromatic carbocycles. The number of carbonyl (C=O) groups is 2. The van der Waals surface area contributed by atoms with Crippen LogP contribution in [0.15, 0.2) is 0 Å². The summed E-state index contributed by atoms with van der Waals surface area (Å²) >= 11 is 0. The highest BCUT2D eigenvalue weighted by atomic mass is 16.6. The zero-order chi connectivity index (χ0) is 13.3. The average Bonchev–Trinajstić information content (AvgIpc) is 3.00. The van der Waals surface area contributed by atoms with Gasteiger partial charge >= 0.3 is 6.09 Å². The Bertz CT molecular complexity index is 379. The van der Waals surface area contributed by atoms with Crippen LogP contribution in [0.25, 0.3) is 0 Å². The smallest absolute Gasteiger partial charge is 0.410 e. The van der Waals surface area contributed by atoms with E-state index >= 15 is 0 Å². The molecular weight excluding hydrogens is 248 g/mol. The van der Waals surface area contributed by atoms with E-state index < -0.39 is 0 Å². The summed E-state index contributed by atoms with van der Waals surface area (Å²) in [4.78, 5) is 27.0. The van der Waals surface area contributed by atoms with E-state index in [1.54, 1.807) is 0 Å². The molecule has 0 saturated carbocycles. The maximum atomic E-state index is 12.3. The van der Waals surface area contributed by atoms with Crippen LogP contribution in [0.4, 0.5) is 4.79 Å². The van der Waals surface area contributed by atoms with Crippen molar-refractivity contribution in [2.45, 2.75) is 19.3 Å². The first-order valence-electron chi connectivity index (χ1n) is 6.96. The highest BCUT2D eigenvalue weighted by Gasteiger charge is 2.40. The Hall–Kier alpha value is -1.30. The van der Waals surface area contributed by atoms with Gasteiger partial charge in [0.2, 0.25) is 5.91 Å². The summed E-state index contributed by atoms with van der Waals surface area (Å²) in [7, 11) is 0. The van der Waals surface area contributed by atoms with E-state index in [4.69, 9.17) is 9.47 Å². The van der Waals surface area contributed by atoms with E-state index in [-0.39, 0.29) is 24.0 Å². The molecule has 6 nitrogen and oxygen atoms in total. The van der Waals surface area contributed by atoms with Gasteiger partial charge in [-0.3, -0.25) is 9.69 Å². The number of amides is 2. The van der Waals surface area contributed by atoms with Crippen molar-refractivity contribution in [3.05, 3.63) is 0 Å². The van der Waals surface area contributed by atoms with Crippen LogP contribution in [0.3, 0.4) is 0 Å². The van der Waals surface area contributed by atoms with Gasteiger partial charge in [-0.15, -0.1) is 0 Å². The van der Waals surface area contributed by atoms with Gasteiger partial charge in [-0.05, 0) is 19.3 Å². The summed E-state index contributed by atoms with van der Waals surface area (Å²) < 4.78 is 10.3. The van der Waals surface area contributed by atoms with Gasteiger partial charge in [-0.2, -0.15) is 0 Å². The molecule has 0 aromatic heterocycles. The van der Waals surface area contributed by atoms with Gasteiger partial charge in [-0.25, -0.2) is 4.79 Å². The fraction of sp³-hybridized carbons (Fsp3) is 0.846. The highest BCUT2D eigenvalue weighted by molar-refractivity contribution is 5.83. The Morgan fingerprint density at radius 3 is 2.84 bits per heavy atom. The Morgan fingerprint density at radius 2 is 2.16 bits per heavy atom. The van der Waals surface area contributed by atoms with Crippen molar-refractivity contribution in [3.63, 3.8) is 0 Å². The minimum absolute atomic E-state index is 0.0322. The van der Waals surface area contributed by atoms with Gasteiger partial charge in [0.05, 0.1) is 13.2 Å². The molecule has 2 amide bonds. The van der Waals surface area contributed by atoms with Crippen LogP contribution in [0.2, 0.25) is 0 Å². The largest absolute Gasteiger partial charge is 0.448 e. The average molecular weight is 268 g/mol. The zero-order valence-electron chi connectivity index (χ0n) is 11.1. The standard InChI is InChI=1S/C13H20N2O4/c16-11(8-14-5-7-19-12(14)17)15-4-1-2-13(9-15)3-6-18-10-13/h1-10H2. The van der Waals surface area contributed by atoms with Crippen LogP contribution in [-0.2, 0) is 14.3 Å². The van der Waals surface area contributed by atoms with Gasteiger partial charge < -0.3 is 14.4 Å². The predicted molar refractivity (Wildman–Crippen MR) is 66.6 cm³/mol. The molecule has 3 aliphatic heterocycles. The lowest BCUT2D eigenvalue weighted by molar-refractivity contribution is -0.135. The summed E-state index contributed by atoms with van der Waals surface area (Å²) in [6, 6.07) is 0. The van der Waals surface area contributed by atoms with E-state index in [1.807, 2.05) is 4.90 Å². The first-order valence-corrected chi connectivity index (χ1v) is 6.96. The van der Waals surface area contributed by atoms with Crippen molar-refractivity contribution in [3.8, 4) is 0 Å². The molecule has 0 aromatic rings. The number of likely N-dealkylation sites (tertiary alicyclic amines) is 1. The molecular formula is C13H20N2O4. The molecule has 3 heterocycles.